The molecule has 0 unspecified atom stereocenters. The number of phenols is 1. The molecule has 4 nitrogen and oxygen atoms in total. The number of carbonyl (C=O) groups is 1. The summed E-state index contributed by atoms with van der Waals surface area (Å²) in [6.45, 7) is 3.66. The lowest BCUT2D eigenvalue weighted by atomic mass is 9.96. The molecule has 1 aromatic rings. The standard InChI is InChI=1S/C12H13ClN2O2/c1-12(2,6-14)7-15-11(17)9-5-8(16)3-4-10(9)13/h3-5,16H,7H2,1-2H3,(H,15,17). The highest BCUT2D eigenvalue weighted by Crippen LogP contribution is 2.21. The van der Waals surface area contributed by atoms with Gasteiger partial charge in [0.15, 0.2) is 0 Å². The molecular weight excluding hydrogens is 240 g/mol. The lowest BCUT2D eigenvalue weighted by molar-refractivity contribution is 0.0943. The van der Waals surface area contributed by atoms with Crippen LogP contribution in [-0.2, 0) is 0 Å². The number of amides is 1. The highest BCUT2D eigenvalue weighted by Gasteiger charge is 2.19. The second-order valence-electron chi connectivity index (χ2n) is 4.34. The van der Waals surface area contributed by atoms with Crippen molar-refractivity contribution in [2.45, 2.75) is 13.8 Å². The Morgan fingerprint density at radius 1 is 1.59 bits per heavy atom. The van der Waals surface area contributed by atoms with Crippen LogP contribution in [0.15, 0.2) is 18.2 Å². The summed E-state index contributed by atoms with van der Waals surface area (Å²) in [5.41, 5.74) is -0.445. The third kappa shape index (κ3) is 3.65. The molecule has 0 heterocycles. The predicted molar refractivity (Wildman–Crippen MR) is 64.8 cm³/mol. The van der Waals surface area contributed by atoms with Crippen LogP contribution < -0.4 is 5.32 Å². The Balaban J connectivity index is 2.78. The van der Waals surface area contributed by atoms with E-state index in [0.29, 0.717) is 0 Å². The fourth-order valence-corrected chi connectivity index (χ4v) is 1.33. The first-order valence-corrected chi connectivity index (χ1v) is 5.41. The van der Waals surface area contributed by atoms with Gasteiger partial charge in [-0.1, -0.05) is 11.6 Å². The summed E-state index contributed by atoms with van der Waals surface area (Å²) in [5.74, 6) is -0.437. The van der Waals surface area contributed by atoms with Crippen LogP contribution >= 0.6 is 11.6 Å². The first-order valence-electron chi connectivity index (χ1n) is 5.04. The number of aromatic hydroxyl groups is 1. The molecule has 0 fully saturated rings. The number of nitriles is 1. The van der Waals surface area contributed by atoms with E-state index in [9.17, 15) is 9.90 Å². The minimum Gasteiger partial charge on any atom is -0.508 e. The second kappa shape index (κ2) is 5.07. The molecular formula is C12H13ClN2O2. The van der Waals surface area contributed by atoms with Gasteiger partial charge in [0.1, 0.15) is 5.75 Å². The number of halogens is 1. The van der Waals surface area contributed by atoms with Crippen LogP contribution in [0.5, 0.6) is 5.75 Å². The van der Waals surface area contributed by atoms with Crippen molar-refractivity contribution < 1.29 is 9.90 Å². The molecule has 90 valence electrons. The molecule has 1 rings (SSSR count). The summed E-state index contributed by atoms with van der Waals surface area (Å²) in [6.07, 6.45) is 0. The Labute approximate surface area is 105 Å². The van der Waals surface area contributed by atoms with E-state index < -0.39 is 11.3 Å². The summed E-state index contributed by atoms with van der Waals surface area (Å²) >= 11 is 5.84. The largest absolute Gasteiger partial charge is 0.508 e. The van der Waals surface area contributed by atoms with Crippen molar-refractivity contribution >= 4 is 17.5 Å². The van der Waals surface area contributed by atoms with Crippen LogP contribution in [0, 0.1) is 16.7 Å². The average molecular weight is 253 g/mol. The molecule has 0 aliphatic carbocycles. The minimum absolute atomic E-state index is 0.0286. The first-order chi connectivity index (χ1) is 7.85. The van der Waals surface area contributed by atoms with Gasteiger partial charge in [0.25, 0.3) is 5.91 Å². The zero-order valence-electron chi connectivity index (χ0n) is 9.62. The second-order valence-corrected chi connectivity index (χ2v) is 4.75. The fourth-order valence-electron chi connectivity index (χ4n) is 1.12. The zero-order valence-corrected chi connectivity index (χ0v) is 10.4. The van der Waals surface area contributed by atoms with Gasteiger partial charge in [-0.25, -0.2) is 0 Å². The molecule has 0 radical (unpaired) electrons. The van der Waals surface area contributed by atoms with Crippen LogP contribution in [0.3, 0.4) is 0 Å². The van der Waals surface area contributed by atoms with E-state index in [2.05, 4.69) is 11.4 Å². The van der Waals surface area contributed by atoms with Crippen molar-refractivity contribution in [1.82, 2.24) is 5.32 Å². The quantitative estimate of drug-likeness (QED) is 0.867. The van der Waals surface area contributed by atoms with Gasteiger partial charge in [-0.15, -0.1) is 0 Å². The molecule has 17 heavy (non-hydrogen) atoms. The molecule has 0 aliphatic heterocycles. The molecule has 1 aromatic carbocycles. The van der Waals surface area contributed by atoms with Crippen molar-refractivity contribution in [2.75, 3.05) is 6.54 Å². The molecule has 0 bridgehead atoms. The van der Waals surface area contributed by atoms with Crippen LogP contribution in [0.25, 0.3) is 0 Å². The van der Waals surface area contributed by atoms with Crippen molar-refractivity contribution in [3.05, 3.63) is 28.8 Å². The Morgan fingerprint density at radius 2 is 2.24 bits per heavy atom. The van der Waals surface area contributed by atoms with Gasteiger partial charge in [0.2, 0.25) is 0 Å². The van der Waals surface area contributed by atoms with Gasteiger partial charge in [0.05, 0.1) is 22.1 Å². The summed E-state index contributed by atoms with van der Waals surface area (Å²) in [5, 5.41) is 20.9. The van der Waals surface area contributed by atoms with Gasteiger partial charge in [0, 0.05) is 6.54 Å². The fraction of sp³-hybridized carbons (Fsp3) is 0.333. The Bertz CT molecular complexity index is 478. The van der Waals surface area contributed by atoms with E-state index in [4.69, 9.17) is 16.9 Å². The van der Waals surface area contributed by atoms with Crippen LogP contribution in [0.2, 0.25) is 5.02 Å². The molecule has 1 amide bonds. The molecule has 0 aromatic heterocycles. The molecule has 2 N–H and O–H groups in total. The predicted octanol–water partition coefficient (Wildman–Crippen LogP) is 2.33. The maximum atomic E-state index is 11.8. The molecule has 0 atom stereocenters. The number of benzene rings is 1. The average Bonchev–Trinajstić information content (AvgIpc) is 2.29. The van der Waals surface area contributed by atoms with Gasteiger partial charge in [-0.2, -0.15) is 5.26 Å². The lowest BCUT2D eigenvalue weighted by Crippen LogP contribution is -2.33. The number of nitrogens with zero attached hydrogens (tertiary/aromatic N) is 1. The number of carbonyl (C=O) groups excluding carboxylic acids is 1. The number of hydrogen-bond donors (Lipinski definition) is 2. The minimum atomic E-state index is -0.640. The van der Waals surface area contributed by atoms with E-state index in [1.165, 1.54) is 18.2 Å². The van der Waals surface area contributed by atoms with Gasteiger partial charge in [-0.3, -0.25) is 4.79 Å². The maximum absolute atomic E-state index is 11.8. The van der Waals surface area contributed by atoms with Gasteiger partial charge >= 0.3 is 0 Å². The smallest absolute Gasteiger partial charge is 0.252 e. The molecule has 5 heteroatoms. The third-order valence-electron chi connectivity index (χ3n) is 2.19. The van der Waals surface area contributed by atoms with E-state index >= 15 is 0 Å². The molecule has 0 saturated carbocycles. The molecule has 0 saturated heterocycles. The maximum Gasteiger partial charge on any atom is 0.252 e. The van der Waals surface area contributed by atoms with E-state index in [-0.39, 0.29) is 22.9 Å². The van der Waals surface area contributed by atoms with Crippen molar-refractivity contribution in [3.63, 3.8) is 0 Å². The molecule has 0 aliphatic rings. The Kier molecular flexibility index (Phi) is 3.97. The molecule has 0 spiro atoms. The van der Waals surface area contributed by atoms with Crippen LogP contribution in [0.4, 0.5) is 0 Å². The topological polar surface area (TPSA) is 73.1 Å². The van der Waals surface area contributed by atoms with E-state index in [1.807, 2.05) is 0 Å². The number of phenolic OH excluding ortho intramolecular Hbond substituents is 1. The third-order valence-corrected chi connectivity index (χ3v) is 2.52. The summed E-state index contributed by atoms with van der Waals surface area (Å²) in [7, 11) is 0. The first kappa shape index (κ1) is 13.3. The summed E-state index contributed by atoms with van der Waals surface area (Å²) < 4.78 is 0. The van der Waals surface area contributed by atoms with Crippen LogP contribution in [0.1, 0.15) is 24.2 Å². The zero-order chi connectivity index (χ0) is 13.1. The van der Waals surface area contributed by atoms with Crippen molar-refractivity contribution in [2.24, 2.45) is 5.41 Å². The van der Waals surface area contributed by atoms with Crippen LogP contribution in [-0.4, -0.2) is 17.6 Å². The number of hydrogen-bond acceptors (Lipinski definition) is 3. The summed E-state index contributed by atoms with van der Waals surface area (Å²) in [6, 6.07) is 6.21. The highest BCUT2D eigenvalue weighted by atomic mass is 35.5. The monoisotopic (exact) mass is 252 g/mol. The van der Waals surface area contributed by atoms with E-state index in [1.54, 1.807) is 13.8 Å². The number of rotatable bonds is 3. The lowest BCUT2D eigenvalue weighted by Gasteiger charge is -2.16. The number of nitrogens with one attached hydrogen (secondary N) is 1. The normalized spacial score (nSPS) is 10.7. The van der Waals surface area contributed by atoms with Crippen molar-refractivity contribution in [1.29, 1.82) is 5.26 Å². The summed E-state index contributed by atoms with van der Waals surface area (Å²) in [4.78, 5) is 11.8. The Hall–Kier alpha value is -1.73. The van der Waals surface area contributed by atoms with Crippen molar-refractivity contribution in [3.8, 4) is 11.8 Å². The van der Waals surface area contributed by atoms with Gasteiger partial charge < -0.3 is 10.4 Å². The SMILES string of the molecule is CC(C)(C#N)CNC(=O)c1cc(O)ccc1Cl. The Morgan fingerprint density at radius 3 is 2.82 bits per heavy atom. The van der Waals surface area contributed by atoms with E-state index in [0.717, 1.165) is 0 Å². The highest BCUT2D eigenvalue weighted by molar-refractivity contribution is 6.33. The van der Waals surface area contributed by atoms with Gasteiger partial charge in [-0.05, 0) is 32.0 Å².